The number of piperidine rings is 1. The van der Waals surface area contributed by atoms with Crippen LogP contribution in [0.15, 0.2) is 30.5 Å². The lowest BCUT2D eigenvalue weighted by atomic mass is 9.99. The van der Waals surface area contributed by atoms with E-state index < -0.39 is 7.14 Å². The van der Waals surface area contributed by atoms with Crippen LogP contribution in [-0.2, 0) is 11.0 Å². The maximum Gasteiger partial charge on any atom is 0.229 e. The number of nitrogens with one attached hydrogen (secondary N) is 2. The van der Waals surface area contributed by atoms with Gasteiger partial charge in [-0.1, -0.05) is 18.5 Å². The van der Waals surface area contributed by atoms with Crippen LogP contribution in [-0.4, -0.2) is 92.6 Å². The maximum atomic E-state index is 13.1. The van der Waals surface area contributed by atoms with Crippen molar-refractivity contribution in [1.29, 1.82) is 0 Å². The van der Waals surface area contributed by atoms with Crippen LogP contribution >= 0.6 is 18.7 Å². The van der Waals surface area contributed by atoms with Gasteiger partial charge in [-0.2, -0.15) is 4.98 Å². The van der Waals surface area contributed by atoms with E-state index in [0.29, 0.717) is 22.8 Å². The Morgan fingerprint density at radius 2 is 1.66 bits per heavy atom. The summed E-state index contributed by atoms with van der Waals surface area (Å²) in [7, 11) is 1.35. The fourth-order valence-corrected chi connectivity index (χ4v) is 7.57. The van der Waals surface area contributed by atoms with E-state index in [4.69, 9.17) is 21.3 Å². The molecule has 11 heteroatoms. The number of aryl methyl sites for hydroxylation is 3. The van der Waals surface area contributed by atoms with E-state index in [9.17, 15) is 4.57 Å². The predicted molar refractivity (Wildman–Crippen MR) is 185 cm³/mol. The number of piperazine rings is 1. The third kappa shape index (κ3) is 7.34. The van der Waals surface area contributed by atoms with Crippen LogP contribution in [0, 0.1) is 13.8 Å². The minimum Gasteiger partial charge on any atom is -0.494 e. The summed E-state index contributed by atoms with van der Waals surface area (Å²) in [6.45, 7) is 16.5. The molecule has 3 heterocycles. The molecule has 0 bridgehead atoms. The average molecular weight is 640 g/mol. The Labute approximate surface area is 267 Å². The van der Waals surface area contributed by atoms with Crippen molar-refractivity contribution in [2.24, 2.45) is 0 Å². The Balaban J connectivity index is 1.35. The van der Waals surface area contributed by atoms with Gasteiger partial charge in [-0.05, 0) is 88.4 Å². The maximum absolute atomic E-state index is 13.1. The highest BCUT2D eigenvalue weighted by atomic mass is 35.5. The van der Waals surface area contributed by atoms with E-state index in [0.717, 1.165) is 66.2 Å². The first-order valence-electron chi connectivity index (χ1n) is 15.6. The number of hydrogen-bond donors (Lipinski definition) is 2. The molecule has 5 rings (SSSR count). The molecule has 9 nitrogen and oxygen atoms in total. The zero-order chi connectivity index (χ0) is 31.6. The smallest absolute Gasteiger partial charge is 0.229 e. The topological polar surface area (TPSA) is 85.9 Å². The zero-order valence-electron chi connectivity index (χ0n) is 27.2. The lowest BCUT2D eigenvalue weighted by Crippen LogP contribution is -2.52. The van der Waals surface area contributed by atoms with Crippen LogP contribution in [0.4, 0.5) is 28.8 Å². The van der Waals surface area contributed by atoms with Crippen LogP contribution < -0.4 is 25.6 Å². The Morgan fingerprint density at radius 1 is 0.977 bits per heavy atom. The van der Waals surface area contributed by atoms with E-state index in [1.807, 2.05) is 26.0 Å². The molecule has 3 aromatic rings. The van der Waals surface area contributed by atoms with Gasteiger partial charge in [0.2, 0.25) is 5.95 Å². The quantitative estimate of drug-likeness (QED) is 0.263. The molecule has 238 valence electrons. The SMILES string of the molecule is CCc1cc(Nc2ncc(Cl)c(Nc3cc(C)c(C)cc3P(C)(C)=O)n2)c(OC)cc1N1CCC(N2CCN(C)CC2)CC1. The van der Waals surface area contributed by atoms with Crippen molar-refractivity contribution < 1.29 is 9.30 Å². The molecule has 2 aliphatic heterocycles. The van der Waals surface area contributed by atoms with E-state index in [1.54, 1.807) is 26.6 Å². The van der Waals surface area contributed by atoms with E-state index in [-0.39, 0.29) is 0 Å². The molecule has 0 amide bonds. The monoisotopic (exact) mass is 639 g/mol. The minimum atomic E-state index is -2.56. The van der Waals surface area contributed by atoms with Gasteiger partial charge in [-0.25, -0.2) is 4.98 Å². The second kappa shape index (κ2) is 13.7. The lowest BCUT2D eigenvalue weighted by molar-refractivity contribution is 0.0982. The summed E-state index contributed by atoms with van der Waals surface area (Å²) in [5, 5.41) is 7.85. The van der Waals surface area contributed by atoms with E-state index in [2.05, 4.69) is 56.4 Å². The number of methoxy groups -OCH3 is 1. The van der Waals surface area contributed by atoms with Crippen molar-refractivity contribution in [3.8, 4) is 5.75 Å². The van der Waals surface area contributed by atoms with Crippen molar-refractivity contribution in [2.75, 3.05) is 82.3 Å². The van der Waals surface area contributed by atoms with Crippen molar-refractivity contribution in [2.45, 2.75) is 46.1 Å². The fourth-order valence-electron chi connectivity index (χ4n) is 6.23. The molecular formula is C33H47ClN7O2P. The molecule has 2 aliphatic rings. The number of halogens is 1. The van der Waals surface area contributed by atoms with Gasteiger partial charge < -0.3 is 29.7 Å². The highest BCUT2D eigenvalue weighted by Gasteiger charge is 2.28. The minimum absolute atomic E-state index is 0.373. The van der Waals surface area contributed by atoms with Gasteiger partial charge in [-0.15, -0.1) is 0 Å². The Morgan fingerprint density at radius 3 is 2.30 bits per heavy atom. The largest absolute Gasteiger partial charge is 0.494 e. The number of rotatable bonds is 9. The Hall–Kier alpha value is -2.84. The van der Waals surface area contributed by atoms with Gasteiger partial charge in [0.1, 0.15) is 17.9 Å². The van der Waals surface area contributed by atoms with E-state index in [1.165, 1.54) is 37.2 Å². The summed E-state index contributed by atoms with van der Waals surface area (Å²) >= 11 is 6.55. The molecule has 1 aromatic heterocycles. The number of aromatic nitrogens is 2. The van der Waals surface area contributed by atoms with Crippen LogP contribution in [0.2, 0.25) is 5.02 Å². The Kier molecular flexibility index (Phi) is 10.1. The number of anilines is 5. The summed E-state index contributed by atoms with van der Waals surface area (Å²) in [5.41, 5.74) is 6.20. The first-order valence-corrected chi connectivity index (χ1v) is 18.6. The summed E-state index contributed by atoms with van der Waals surface area (Å²) in [5.74, 6) is 1.57. The normalized spacial score (nSPS) is 17.1. The molecule has 0 atom stereocenters. The molecule has 2 saturated heterocycles. The van der Waals surface area contributed by atoms with Gasteiger partial charge in [-0.3, -0.25) is 4.90 Å². The van der Waals surface area contributed by atoms with Crippen LogP contribution in [0.3, 0.4) is 0 Å². The van der Waals surface area contributed by atoms with Crippen LogP contribution in [0.1, 0.15) is 36.5 Å². The summed E-state index contributed by atoms with van der Waals surface area (Å²) in [6.07, 6.45) is 4.82. The molecule has 0 radical (unpaired) electrons. The molecule has 2 N–H and O–H groups in total. The fraction of sp³-hybridized carbons (Fsp3) is 0.515. The van der Waals surface area contributed by atoms with Crippen molar-refractivity contribution in [1.82, 2.24) is 19.8 Å². The van der Waals surface area contributed by atoms with Gasteiger partial charge in [0.05, 0.1) is 24.7 Å². The first-order chi connectivity index (χ1) is 21.0. The second-order valence-corrected chi connectivity index (χ2v) is 16.1. The van der Waals surface area contributed by atoms with Crippen LogP contribution in [0.25, 0.3) is 0 Å². The molecule has 0 saturated carbocycles. The molecular weight excluding hydrogens is 593 g/mol. The molecule has 2 aromatic carbocycles. The third-order valence-corrected chi connectivity index (χ3v) is 10.9. The van der Waals surface area contributed by atoms with Gasteiger partial charge >= 0.3 is 0 Å². The number of ether oxygens (including phenoxy) is 1. The van der Waals surface area contributed by atoms with Gasteiger partial charge in [0, 0.05) is 62.4 Å². The molecule has 44 heavy (non-hydrogen) atoms. The average Bonchev–Trinajstić information content (AvgIpc) is 3.00. The number of likely N-dealkylation sites (N-methyl/N-ethyl adjacent to an activating group) is 1. The molecule has 0 unspecified atom stereocenters. The standard InChI is InChI=1S/C33H47ClN7O2P/c1-8-24-19-27(30(43-5)20-29(24)41-11-9-25(10-12-41)40-15-13-39(4)14-16-40)37-33-35-21-26(34)32(38-33)36-28-17-22(2)23(3)18-31(28)44(6,7)42/h17-21,25H,8-16H2,1-7H3,(H2,35,36,37,38). The summed E-state index contributed by atoms with van der Waals surface area (Å²) in [6, 6.07) is 8.95. The third-order valence-electron chi connectivity index (χ3n) is 9.08. The molecule has 0 spiro atoms. The zero-order valence-corrected chi connectivity index (χ0v) is 28.9. The number of nitrogens with zero attached hydrogens (tertiary/aromatic N) is 5. The first kappa shape index (κ1) is 32.6. The van der Waals surface area contributed by atoms with Crippen molar-refractivity contribution >= 4 is 52.9 Å². The van der Waals surface area contributed by atoms with E-state index >= 15 is 0 Å². The molecule has 0 aliphatic carbocycles. The second-order valence-electron chi connectivity index (χ2n) is 12.5. The number of hydrogen-bond acceptors (Lipinski definition) is 9. The predicted octanol–water partition coefficient (Wildman–Crippen LogP) is 6.27. The van der Waals surface area contributed by atoms with Crippen molar-refractivity contribution in [3.63, 3.8) is 0 Å². The number of benzene rings is 2. The van der Waals surface area contributed by atoms with Crippen molar-refractivity contribution in [3.05, 3.63) is 52.2 Å². The van der Waals surface area contributed by atoms with Crippen LogP contribution in [0.5, 0.6) is 5.75 Å². The van der Waals surface area contributed by atoms with Gasteiger partial charge in [0.15, 0.2) is 5.82 Å². The van der Waals surface area contributed by atoms with Gasteiger partial charge in [0.25, 0.3) is 0 Å². The lowest BCUT2D eigenvalue weighted by Gasteiger charge is -2.43. The highest BCUT2D eigenvalue weighted by molar-refractivity contribution is 7.70. The highest BCUT2D eigenvalue weighted by Crippen LogP contribution is 2.40. The molecule has 2 fully saturated rings. The summed E-state index contributed by atoms with van der Waals surface area (Å²) < 4.78 is 19.0. The summed E-state index contributed by atoms with van der Waals surface area (Å²) in [4.78, 5) is 16.8. The Bertz CT molecular complexity index is 1530.